The summed E-state index contributed by atoms with van der Waals surface area (Å²) in [4.78, 5) is 0. The van der Waals surface area contributed by atoms with Crippen molar-refractivity contribution in [3.05, 3.63) is 34.4 Å². The van der Waals surface area contributed by atoms with E-state index < -0.39 is 17.7 Å². The number of benzene rings is 1. The standard InChI is InChI=1S/C13H15ClF2O2/c14-10-7-12(16)11(15)6-9(10)13(17)4-3-8-2-1-5-18-8/h6-8,13,17H,1-5H2. The molecule has 0 aromatic heterocycles. The Labute approximate surface area is 110 Å². The molecule has 18 heavy (non-hydrogen) atoms. The van der Waals surface area contributed by atoms with Gasteiger partial charge in [-0.25, -0.2) is 8.78 Å². The molecule has 1 saturated heterocycles. The van der Waals surface area contributed by atoms with E-state index in [1.165, 1.54) is 0 Å². The summed E-state index contributed by atoms with van der Waals surface area (Å²) in [5, 5.41) is 10.00. The molecular formula is C13H15ClF2O2. The van der Waals surface area contributed by atoms with Crippen molar-refractivity contribution >= 4 is 11.6 Å². The van der Waals surface area contributed by atoms with Crippen molar-refractivity contribution < 1.29 is 18.6 Å². The maximum absolute atomic E-state index is 13.1. The molecule has 0 amide bonds. The maximum Gasteiger partial charge on any atom is 0.160 e. The lowest BCUT2D eigenvalue weighted by atomic mass is 10.0. The van der Waals surface area contributed by atoms with E-state index in [0.717, 1.165) is 31.6 Å². The molecule has 2 rings (SSSR count). The molecule has 1 aromatic carbocycles. The van der Waals surface area contributed by atoms with Gasteiger partial charge >= 0.3 is 0 Å². The third kappa shape index (κ3) is 3.19. The zero-order valence-electron chi connectivity index (χ0n) is 9.83. The van der Waals surface area contributed by atoms with Gasteiger partial charge in [0.1, 0.15) is 0 Å². The molecule has 1 aromatic rings. The number of ether oxygens (including phenoxy) is 1. The van der Waals surface area contributed by atoms with Crippen LogP contribution in [0, 0.1) is 11.6 Å². The summed E-state index contributed by atoms with van der Waals surface area (Å²) in [6, 6.07) is 1.85. The third-order valence-electron chi connectivity index (χ3n) is 3.18. The Morgan fingerprint density at radius 3 is 2.78 bits per heavy atom. The highest BCUT2D eigenvalue weighted by Gasteiger charge is 2.20. The summed E-state index contributed by atoms with van der Waals surface area (Å²) < 4.78 is 31.4. The molecule has 1 aliphatic heterocycles. The first kappa shape index (κ1) is 13.7. The first-order valence-corrected chi connectivity index (χ1v) is 6.40. The van der Waals surface area contributed by atoms with Crippen LogP contribution in [0.5, 0.6) is 0 Å². The van der Waals surface area contributed by atoms with E-state index in [0.29, 0.717) is 12.8 Å². The van der Waals surface area contributed by atoms with Crippen molar-refractivity contribution in [3.63, 3.8) is 0 Å². The Morgan fingerprint density at radius 1 is 1.39 bits per heavy atom. The fourth-order valence-electron chi connectivity index (χ4n) is 2.16. The number of rotatable bonds is 4. The highest BCUT2D eigenvalue weighted by molar-refractivity contribution is 6.31. The van der Waals surface area contributed by atoms with Gasteiger partial charge in [-0.3, -0.25) is 0 Å². The van der Waals surface area contributed by atoms with Crippen LogP contribution in [0.15, 0.2) is 12.1 Å². The van der Waals surface area contributed by atoms with E-state index in [1.54, 1.807) is 0 Å². The Morgan fingerprint density at radius 2 is 2.11 bits per heavy atom. The lowest BCUT2D eigenvalue weighted by molar-refractivity contribution is 0.0811. The van der Waals surface area contributed by atoms with E-state index in [4.69, 9.17) is 16.3 Å². The summed E-state index contributed by atoms with van der Waals surface area (Å²) in [6.07, 6.45) is 2.40. The molecular weight excluding hydrogens is 262 g/mol. The maximum atomic E-state index is 13.1. The van der Waals surface area contributed by atoms with Gasteiger partial charge in [-0.2, -0.15) is 0 Å². The van der Waals surface area contributed by atoms with Crippen LogP contribution < -0.4 is 0 Å². The van der Waals surface area contributed by atoms with Crippen molar-refractivity contribution in [1.82, 2.24) is 0 Å². The molecule has 0 spiro atoms. The van der Waals surface area contributed by atoms with E-state index >= 15 is 0 Å². The van der Waals surface area contributed by atoms with Crippen molar-refractivity contribution in [2.24, 2.45) is 0 Å². The predicted octanol–water partition coefficient (Wildman–Crippen LogP) is 3.61. The minimum Gasteiger partial charge on any atom is -0.388 e. The monoisotopic (exact) mass is 276 g/mol. The number of hydrogen-bond donors (Lipinski definition) is 1. The van der Waals surface area contributed by atoms with Crippen LogP contribution in [0.1, 0.15) is 37.4 Å². The highest BCUT2D eigenvalue weighted by Crippen LogP contribution is 2.30. The summed E-state index contributed by atoms with van der Waals surface area (Å²) in [6.45, 7) is 0.757. The third-order valence-corrected chi connectivity index (χ3v) is 3.51. The van der Waals surface area contributed by atoms with Crippen LogP contribution in [-0.4, -0.2) is 17.8 Å². The zero-order valence-corrected chi connectivity index (χ0v) is 10.6. The van der Waals surface area contributed by atoms with Crippen LogP contribution >= 0.6 is 11.6 Å². The van der Waals surface area contributed by atoms with Gasteiger partial charge in [0, 0.05) is 17.2 Å². The fraction of sp³-hybridized carbons (Fsp3) is 0.538. The molecule has 0 radical (unpaired) electrons. The molecule has 2 atom stereocenters. The van der Waals surface area contributed by atoms with Crippen LogP contribution in [0.25, 0.3) is 0 Å². The number of hydrogen-bond acceptors (Lipinski definition) is 2. The predicted molar refractivity (Wildman–Crippen MR) is 64.5 cm³/mol. The van der Waals surface area contributed by atoms with Gasteiger partial charge < -0.3 is 9.84 Å². The van der Waals surface area contributed by atoms with Gasteiger partial charge in [0.25, 0.3) is 0 Å². The Hall–Kier alpha value is -0.710. The largest absolute Gasteiger partial charge is 0.388 e. The number of aliphatic hydroxyl groups excluding tert-OH is 1. The molecule has 0 bridgehead atoms. The first-order valence-electron chi connectivity index (χ1n) is 6.02. The molecule has 0 saturated carbocycles. The molecule has 100 valence electrons. The van der Waals surface area contributed by atoms with E-state index in [1.807, 2.05) is 0 Å². The second-order valence-electron chi connectivity index (χ2n) is 4.52. The molecule has 1 aliphatic rings. The summed E-state index contributed by atoms with van der Waals surface area (Å²) in [7, 11) is 0. The van der Waals surface area contributed by atoms with Crippen molar-refractivity contribution in [3.8, 4) is 0 Å². The lowest BCUT2D eigenvalue weighted by Gasteiger charge is -2.15. The second-order valence-corrected chi connectivity index (χ2v) is 4.92. The van der Waals surface area contributed by atoms with Gasteiger partial charge in [-0.15, -0.1) is 0 Å². The van der Waals surface area contributed by atoms with Crippen LogP contribution in [0.2, 0.25) is 5.02 Å². The minimum atomic E-state index is -1.00. The molecule has 1 heterocycles. The molecule has 1 N–H and O–H groups in total. The Kier molecular flexibility index (Phi) is 4.54. The van der Waals surface area contributed by atoms with Crippen LogP contribution in [0.4, 0.5) is 8.78 Å². The average Bonchev–Trinajstić information content (AvgIpc) is 2.84. The lowest BCUT2D eigenvalue weighted by Crippen LogP contribution is -2.08. The molecule has 2 nitrogen and oxygen atoms in total. The molecule has 2 unspecified atom stereocenters. The number of halogens is 3. The molecule has 1 fully saturated rings. The summed E-state index contributed by atoms with van der Waals surface area (Å²) in [5.41, 5.74) is 0.230. The quantitative estimate of drug-likeness (QED) is 0.851. The van der Waals surface area contributed by atoms with E-state index in [-0.39, 0.29) is 16.7 Å². The van der Waals surface area contributed by atoms with E-state index in [9.17, 15) is 13.9 Å². The first-order chi connectivity index (χ1) is 8.58. The number of aliphatic hydroxyl groups is 1. The SMILES string of the molecule is OC(CCC1CCCO1)c1cc(F)c(F)cc1Cl. The van der Waals surface area contributed by atoms with Crippen molar-refractivity contribution in [2.45, 2.75) is 37.9 Å². The van der Waals surface area contributed by atoms with Gasteiger partial charge in [0.2, 0.25) is 0 Å². The van der Waals surface area contributed by atoms with Gasteiger partial charge in [0.05, 0.1) is 12.2 Å². The van der Waals surface area contributed by atoms with E-state index in [2.05, 4.69) is 0 Å². The topological polar surface area (TPSA) is 29.5 Å². The summed E-state index contributed by atoms with van der Waals surface area (Å²) >= 11 is 5.79. The highest BCUT2D eigenvalue weighted by atomic mass is 35.5. The van der Waals surface area contributed by atoms with Gasteiger partial charge in [-0.05, 0) is 37.8 Å². The van der Waals surface area contributed by atoms with Crippen molar-refractivity contribution in [1.29, 1.82) is 0 Å². The molecule has 5 heteroatoms. The van der Waals surface area contributed by atoms with Crippen molar-refractivity contribution in [2.75, 3.05) is 6.61 Å². The second kappa shape index (κ2) is 5.95. The Bertz CT molecular complexity index is 420. The fourth-order valence-corrected chi connectivity index (χ4v) is 2.44. The summed E-state index contributed by atoms with van der Waals surface area (Å²) in [5.74, 6) is -2.00. The smallest absolute Gasteiger partial charge is 0.160 e. The zero-order chi connectivity index (χ0) is 13.1. The van der Waals surface area contributed by atoms with Crippen LogP contribution in [-0.2, 0) is 4.74 Å². The van der Waals surface area contributed by atoms with Gasteiger partial charge in [-0.1, -0.05) is 11.6 Å². The normalized spacial score (nSPS) is 21.2. The average molecular weight is 277 g/mol. The van der Waals surface area contributed by atoms with Gasteiger partial charge in [0.15, 0.2) is 11.6 Å². The molecule has 0 aliphatic carbocycles. The van der Waals surface area contributed by atoms with Crippen LogP contribution in [0.3, 0.4) is 0 Å². The Balaban J connectivity index is 1.99. The minimum absolute atomic E-state index is 0.0498.